The van der Waals surface area contributed by atoms with Crippen LogP contribution >= 0.6 is 23.5 Å². The number of carboxylic acid groups (broad SMARTS) is 1. The fourth-order valence-electron chi connectivity index (χ4n) is 2.12. The summed E-state index contributed by atoms with van der Waals surface area (Å²) in [6, 6.07) is 6.06. The van der Waals surface area contributed by atoms with Crippen molar-refractivity contribution >= 4 is 46.6 Å². The van der Waals surface area contributed by atoms with Crippen LogP contribution in [-0.2, 0) is 9.59 Å². The van der Waals surface area contributed by atoms with Crippen molar-refractivity contribution in [3.63, 3.8) is 0 Å². The number of hydrogen-bond donors (Lipinski definition) is 2. The lowest BCUT2D eigenvalue weighted by molar-refractivity contribution is -0.149. The minimum atomic E-state index is -1.51. The van der Waals surface area contributed by atoms with E-state index in [4.69, 9.17) is 5.11 Å². The van der Waals surface area contributed by atoms with Crippen LogP contribution in [0.15, 0.2) is 33.0 Å². The summed E-state index contributed by atoms with van der Waals surface area (Å²) < 4.78 is 0. The Morgan fingerprint density at radius 1 is 1.45 bits per heavy atom. The molecule has 0 spiro atoms. The average Bonchev–Trinajstić information content (AvgIpc) is 2.94. The standard InChI is InChI=1S/C13H10N2O3S2/c1-19-7-2-3-8-6(4-7)5-9-10(8)14-13(20-9)15-11(16)12(17)18/h2-5,10H,1H3,(H,17,18)(H,14,15,16). The van der Waals surface area contributed by atoms with Gasteiger partial charge in [0.05, 0.1) is 0 Å². The third-order valence-corrected chi connectivity index (χ3v) is 4.73. The Balaban J connectivity index is 1.84. The second kappa shape index (κ2) is 4.99. The molecular weight excluding hydrogens is 296 g/mol. The van der Waals surface area contributed by atoms with Gasteiger partial charge in [0.25, 0.3) is 0 Å². The van der Waals surface area contributed by atoms with Crippen molar-refractivity contribution in [1.82, 2.24) is 5.32 Å². The van der Waals surface area contributed by atoms with Crippen LogP contribution in [0.2, 0.25) is 0 Å². The number of benzene rings is 1. The molecule has 1 aromatic carbocycles. The Kier molecular flexibility index (Phi) is 3.31. The summed E-state index contributed by atoms with van der Waals surface area (Å²) in [4.78, 5) is 28.2. The van der Waals surface area contributed by atoms with E-state index in [2.05, 4.69) is 16.4 Å². The maximum Gasteiger partial charge on any atom is 0.394 e. The van der Waals surface area contributed by atoms with Gasteiger partial charge in [0.1, 0.15) is 6.04 Å². The first-order valence-corrected chi connectivity index (χ1v) is 7.82. The van der Waals surface area contributed by atoms with Crippen molar-refractivity contribution < 1.29 is 14.7 Å². The molecule has 1 amide bonds. The van der Waals surface area contributed by atoms with Gasteiger partial charge in [-0.15, -0.1) is 11.8 Å². The molecule has 1 aromatic rings. The first kappa shape index (κ1) is 13.3. The van der Waals surface area contributed by atoms with Crippen molar-refractivity contribution in [3.05, 3.63) is 34.2 Å². The van der Waals surface area contributed by atoms with E-state index in [1.54, 1.807) is 11.8 Å². The number of nitrogens with zero attached hydrogens (tertiary/aromatic N) is 1. The molecular formula is C13H10N2O3S2. The molecule has 2 aliphatic rings. The SMILES string of the molecule is CSc1ccc2c(c1)C=C1SC(NC(=O)C(=O)O)=NC12. The number of aliphatic imine (C=N–C) groups is 1. The monoisotopic (exact) mass is 306 g/mol. The van der Waals surface area contributed by atoms with Crippen LogP contribution in [-0.4, -0.2) is 28.4 Å². The largest absolute Gasteiger partial charge is 0.474 e. The molecule has 2 N–H and O–H groups in total. The molecule has 1 atom stereocenters. The van der Waals surface area contributed by atoms with Crippen molar-refractivity contribution in [2.75, 3.05) is 6.26 Å². The third kappa shape index (κ3) is 2.23. The van der Waals surface area contributed by atoms with Gasteiger partial charge in [-0.05, 0) is 35.6 Å². The first-order valence-electron chi connectivity index (χ1n) is 5.78. The van der Waals surface area contributed by atoms with Gasteiger partial charge in [0, 0.05) is 9.80 Å². The fourth-order valence-corrected chi connectivity index (χ4v) is 3.57. The highest BCUT2D eigenvalue weighted by Gasteiger charge is 2.33. The molecule has 20 heavy (non-hydrogen) atoms. The highest BCUT2D eigenvalue weighted by Crippen LogP contribution is 2.48. The zero-order valence-corrected chi connectivity index (χ0v) is 12.0. The van der Waals surface area contributed by atoms with Gasteiger partial charge in [0.15, 0.2) is 5.17 Å². The molecule has 3 rings (SSSR count). The van der Waals surface area contributed by atoms with Crippen molar-refractivity contribution in [3.8, 4) is 0 Å². The molecule has 0 saturated heterocycles. The quantitative estimate of drug-likeness (QED) is 0.613. The Morgan fingerprint density at radius 2 is 2.25 bits per heavy atom. The second-order valence-corrected chi connectivity index (χ2v) is 6.18. The lowest BCUT2D eigenvalue weighted by Gasteiger charge is -2.05. The Hall–Kier alpha value is -1.73. The van der Waals surface area contributed by atoms with Crippen LogP contribution < -0.4 is 5.32 Å². The van der Waals surface area contributed by atoms with E-state index in [0.29, 0.717) is 5.17 Å². The summed E-state index contributed by atoms with van der Waals surface area (Å²) in [6.45, 7) is 0. The lowest BCUT2D eigenvalue weighted by atomic mass is 10.1. The van der Waals surface area contributed by atoms with Crippen molar-refractivity contribution in [2.45, 2.75) is 10.9 Å². The number of carboxylic acids is 1. The van der Waals surface area contributed by atoms with Gasteiger partial charge in [-0.1, -0.05) is 17.8 Å². The van der Waals surface area contributed by atoms with Gasteiger partial charge < -0.3 is 5.11 Å². The normalized spacial score (nSPS) is 18.9. The Bertz CT molecular complexity index is 682. The molecule has 5 nitrogen and oxygen atoms in total. The molecule has 0 saturated carbocycles. The predicted molar refractivity (Wildman–Crippen MR) is 79.7 cm³/mol. The topological polar surface area (TPSA) is 78.8 Å². The van der Waals surface area contributed by atoms with Gasteiger partial charge in [-0.2, -0.15) is 0 Å². The van der Waals surface area contributed by atoms with E-state index in [0.717, 1.165) is 16.0 Å². The number of nitrogens with one attached hydrogen (secondary N) is 1. The second-order valence-electron chi connectivity index (χ2n) is 4.24. The first-order chi connectivity index (χ1) is 9.58. The molecule has 0 fully saturated rings. The van der Waals surface area contributed by atoms with Crippen LogP contribution in [0.3, 0.4) is 0 Å². The molecule has 7 heteroatoms. The molecule has 1 aliphatic heterocycles. The minimum absolute atomic E-state index is 0.116. The molecule has 0 aromatic heterocycles. The maximum atomic E-state index is 11.1. The van der Waals surface area contributed by atoms with Crippen LogP contribution in [0, 0.1) is 0 Å². The maximum absolute atomic E-state index is 11.1. The summed E-state index contributed by atoms with van der Waals surface area (Å²) in [6.07, 6.45) is 4.06. The number of rotatable bonds is 1. The lowest BCUT2D eigenvalue weighted by Crippen LogP contribution is -2.33. The third-order valence-electron chi connectivity index (χ3n) is 3.03. The van der Waals surface area contributed by atoms with Gasteiger partial charge in [-0.3, -0.25) is 10.1 Å². The highest BCUT2D eigenvalue weighted by molar-refractivity contribution is 8.17. The zero-order chi connectivity index (χ0) is 14.3. The Morgan fingerprint density at radius 3 is 2.95 bits per heavy atom. The van der Waals surface area contributed by atoms with Crippen LogP contribution in [0.25, 0.3) is 6.08 Å². The van der Waals surface area contributed by atoms with Gasteiger partial charge >= 0.3 is 11.9 Å². The van der Waals surface area contributed by atoms with Gasteiger partial charge in [0.2, 0.25) is 0 Å². The van der Waals surface area contributed by atoms with Crippen molar-refractivity contribution in [1.29, 1.82) is 0 Å². The number of thioether (sulfide) groups is 2. The number of aliphatic carboxylic acids is 1. The molecule has 1 unspecified atom stereocenters. The summed E-state index contributed by atoms with van der Waals surface area (Å²) in [5, 5.41) is 11.2. The van der Waals surface area contributed by atoms with E-state index in [9.17, 15) is 9.59 Å². The van der Waals surface area contributed by atoms with Crippen LogP contribution in [0.4, 0.5) is 0 Å². The Labute approximate surface area is 123 Å². The average molecular weight is 306 g/mol. The van der Waals surface area contributed by atoms with E-state index < -0.39 is 11.9 Å². The summed E-state index contributed by atoms with van der Waals surface area (Å²) in [5.74, 6) is -2.57. The van der Waals surface area contributed by atoms with E-state index in [1.807, 2.05) is 24.5 Å². The number of amides is 1. The minimum Gasteiger partial charge on any atom is -0.474 e. The van der Waals surface area contributed by atoms with Crippen molar-refractivity contribution in [2.24, 2.45) is 4.99 Å². The highest BCUT2D eigenvalue weighted by atomic mass is 32.2. The number of carbonyl (C=O) groups is 2. The number of fused-ring (bicyclic) bond motifs is 3. The number of hydrogen-bond acceptors (Lipinski definition) is 5. The van der Waals surface area contributed by atoms with E-state index in [-0.39, 0.29) is 6.04 Å². The molecule has 1 aliphatic carbocycles. The zero-order valence-electron chi connectivity index (χ0n) is 10.4. The smallest absolute Gasteiger partial charge is 0.394 e. The number of amidine groups is 1. The summed E-state index contributed by atoms with van der Waals surface area (Å²) in [7, 11) is 0. The fraction of sp³-hybridized carbons (Fsp3) is 0.154. The van der Waals surface area contributed by atoms with Crippen LogP contribution in [0.5, 0.6) is 0 Å². The summed E-state index contributed by atoms with van der Waals surface area (Å²) in [5.41, 5.74) is 2.22. The molecule has 0 bridgehead atoms. The summed E-state index contributed by atoms with van der Waals surface area (Å²) >= 11 is 2.99. The number of carbonyl (C=O) groups excluding carboxylic acids is 1. The molecule has 1 heterocycles. The van der Waals surface area contributed by atoms with E-state index in [1.165, 1.54) is 16.7 Å². The predicted octanol–water partition coefficient (Wildman–Crippen LogP) is 2.11. The van der Waals surface area contributed by atoms with Crippen LogP contribution in [0.1, 0.15) is 17.2 Å². The molecule has 0 radical (unpaired) electrons. The molecule has 102 valence electrons. The van der Waals surface area contributed by atoms with E-state index >= 15 is 0 Å². The van der Waals surface area contributed by atoms with Gasteiger partial charge in [-0.25, -0.2) is 9.79 Å².